The van der Waals surface area contributed by atoms with Gasteiger partial charge in [0.15, 0.2) is 0 Å². The molecule has 1 unspecified atom stereocenters. The minimum Gasteiger partial charge on any atom is -0.372 e. The summed E-state index contributed by atoms with van der Waals surface area (Å²) in [5.74, 6) is 0. The monoisotopic (exact) mass is 416 g/mol. The first-order valence-corrected chi connectivity index (χ1v) is 6.26. The Hall–Kier alpha value is -1.45. The van der Waals surface area contributed by atoms with E-state index in [-0.39, 0.29) is 6.21 Å². The topological polar surface area (TPSA) is 56.1 Å². The molecule has 0 bridgehead atoms. The van der Waals surface area contributed by atoms with Gasteiger partial charge in [-0.25, -0.2) is 5.01 Å². The summed E-state index contributed by atoms with van der Waals surface area (Å²) in [4.78, 5) is 0. The van der Waals surface area contributed by atoms with E-state index in [1.54, 1.807) is 0 Å². The van der Waals surface area contributed by atoms with E-state index in [1.165, 1.54) is 0 Å². The predicted octanol–water partition coefficient (Wildman–Crippen LogP) is 3.11. The summed E-state index contributed by atoms with van der Waals surface area (Å²) < 4.78 is 154. The highest BCUT2D eigenvalue weighted by atomic mass is 19.4. The van der Waals surface area contributed by atoms with Crippen LogP contribution in [0.4, 0.5) is 52.7 Å². The van der Waals surface area contributed by atoms with Crippen LogP contribution in [0.5, 0.6) is 0 Å². The molecule has 0 saturated carbocycles. The van der Waals surface area contributed by atoms with Gasteiger partial charge in [0, 0.05) is 6.21 Å². The fraction of sp³-hybridized carbons (Fsp3) is 0.900. The Morgan fingerprint density at radius 3 is 1.42 bits per heavy atom. The summed E-state index contributed by atoms with van der Waals surface area (Å²) in [5, 5.41) is 18.7. The Morgan fingerprint density at radius 2 is 1.12 bits per heavy atom. The lowest BCUT2D eigenvalue weighted by Crippen LogP contribution is -2.76. The van der Waals surface area contributed by atoms with Crippen molar-refractivity contribution < 1.29 is 62.9 Å². The molecule has 154 valence electrons. The van der Waals surface area contributed by atoms with Crippen molar-refractivity contribution in [3.63, 3.8) is 0 Å². The second kappa shape index (κ2) is 6.03. The number of alkyl halides is 12. The average molecular weight is 416 g/mol. The lowest BCUT2D eigenvalue weighted by atomic mass is 9.86. The SMILES string of the molecule is OC(C1CCC=NN1C(O)(C(F)(F)F)C(F)(F)F)(C(F)(F)F)C(F)(F)F. The van der Waals surface area contributed by atoms with Gasteiger partial charge in [0.25, 0.3) is 5.60 Å². The lowest BCUT2D eigenvalue weighted by Gasteiger charge is -2.49. The molecule has 16 heteroatoms. The summed E-state index contributed by atoms with van der Waals surface area (Å²) in [6, 6.07) is -3.97. The van der Waals surface area contributed by atoms with Gasteiger partial charge in [0.05, 0.1) is 6.04 Å². The highest BCUT2D eigenvalue weighted by Gasteiger charge is 2.81. The highest BCUT2D eigenvalue weighted by molar-refractivity contribution is 5.58. The quantitative estimate of drug-likeness (QED) is 0.681. The van der Waals surface area contributed by atoms with E-state index in [2.05, 4.69) is 5.10 Å². The van der Waals surface area contributed by atoms with Gasteiger partial charge >= 0.3 is 30.4 Å². The molecule has 0 aliphatic carbocycles. The number of halogens is 12. The predicted molar refractivity (Wildman–Crippen MR) is 57.5 cm³/mol. The van der Waals surface area contributed by atoms with Crippen molar-refractivity contribution in [1.29, 1.82) is 0 Å². The number of nitrogens with zero attached hydrogens (tertiary/aromatic N) is 2. The van der Waals surface area contributed by atoms with E-state index in [9.17, 15) is 52.7 Å². The van der Waals surface area contributed by atoms with Gasteiger partial charge in [0.1, 0.15) is 0 Å². The fourth-order valence-electron chi connectivity index (χ4n) is 2.23. The van der Waals surface area contributed by atoms with Crippen molar-refractivity contribution in [2.75, 3.05) is 0 Å². The summed E-state index contributed by atoms with van der Waals surface area (Å²) >= 11 is 0. The van der Waals surface area contributed by atoms with Crippen LogP contribution in [-0.2, 0) is 0 Å². The molecule has 1 heterocycles. The molecule has 1 aliphatic rings. The normalized spacial score (nSPS) is 21.3. The van der Waals surface area contributed by atoms with Crippen LogP contribution >= 0.6 is 0 Å². The van der Waals surface area contributed by atoms with Crippen molar-refractivity contribution in [2.45, 2.75) is 54.9 Å². The van der Waals surface area contributed by atoms with Gasteiger partial charge < -0.3 is 10.2 Å². The molecule has 26 heavy (non-hydrogen) atoms. The minimum absolute atomic E-state index is 0.145. The molecular weight excluding hydrogens is 408 g/mol. The number of rotatable bonds is 2. The van der Waals surface area contributed by atoms with Crippen molar-refractivity contribution in [2.24, 2.45) is 5.10 Å². The van der Waals surface area contributed by atoms with Crippen LogP contribution in [0.25, 0.3) is 0 Å². The van der Waals surface area contributed by atoms with E-state index in [0.29, 0.717) is 0 Å². The molecule has 2 N–H and O–H groups in total. The molecule has 0 aromatic heterocycles. The molecule has 1 rings (SSSR count). The fourth-order valence-corrected chi connectivity index (χ4v) is 2.23. The van der Waals surface area contributed by atoms with Crippen molar-refractivity contribution in [1.82, 2.24) is 5.01 Å². The van der Waals surface area contributed by atoms with Gasteiger partial charge in [-0.2, -0.15) is 57.8 Å². The lowest BCUT2D eigenvalue weighted by molar-refractivity contribution is -0.446. The van der Waals surface area contributed by atoms with E-state index in [4.69, 9.17) is 10.2 Å². The minimum atomic E-state index is -6.81. The molecule has 0 spiro atoms. The van der Waals surface area contributed by atoms with Gasteiger partial charge in [-0.05, 0) is 12.8 Å². The summed E-state index contributed by atoms with van der Waals surface area (Å²) in [6.45, 7) is 0. The van der Waals surface area contributed by atoms with Crippen LogP contribution < -0.4 is 0 Å². The van der Waals surface area contributed by atoms with Gasteiger partial charge in [-0.15, -0.1) is 0 Å². The average Bonchev–Trinajstić information content (AvgIpc) is 2.40. The Bertz CT molecular complexity index is 518. The van der Waals surface area contributed by atoms with Crippen LogP contribution in [0.15, 0.2) is 5.10 Å². The standard InChI is InChI=1S/C10H8F12N2O2/c11-7(12,13)5(25,8(14,15)16)4-2-1-3-23-24(4)6(26,9(17,18)19)10(20,21)22/h3-4,25-26H,1-2H2. The van der Waals surface area contributed by atoms with Crippen molar-refractivity contribution >= 4 is 6.21 Å². The molecule has 0 amide bonds. The molecule has 0 aromatic carbocycles. The van der Waals surface area contributed by atoms with E-state index in [0.717, 1.165) is 0 Å². The maximum Gasteiger partial charge on any atom is 0.447 e. The van der Waals surface area contributed by atoms with Crippen LogP contribution in [0.1, 0.15) is 12.8 Å². The number of hydrogen-bond donors (Lipinski definition) is 2. The largest absolute Gasteiger partial charge is 0.447 e. The van der Waals surface area contributed by atoms with Crippen LogP contribution in [0.3, 0.4) is 0 Å². The maximum atomic E-state index is 12.8. The zero-order chi connectivity index (χ0) is 21.0. The molecular formula is C10H8F12N2O2. The van der Waals surface area contributed by atoms with Crippen LogP contribution in [0, 0.1) is 0 Å². The van der Waals surface area contributed by atoms with E-state index < -0.39 is 59.9 Å². The second-order valence-corrected chi connectivity index (χ2v) is 5.17. The zero-order valence-electron chi connectivity index (χ0n) is 11.9. The highest BCUT2D eigenvalue weighted by Crippen LogP contribution is 2.53. The number of hydrogen-bond acceptors (Lipinski definition) is 4. The molecule has 0 saturated heterocycles. The van der Waals surface area contributed by atoms with Crippen molar-refractivity contribution in [3.8, 4) is 0 Å². The Morgan fingerprint density at radius 1 is 0.731 bits per heavy atom. The third-order valence-corrected chi connectivity index (χ3v) is 3.54. The molecule has 4 nitrogen and oxygen atoms in total. The number of aliphatic hydroxyl groups is 2. The van der Waals surface area contributed by atoms with Crippen molar-refractivity contribution in [3.05, 3.63) is 0 Å². The van der Waals surface area contributed by atoms with Crippen LogP contribution in [-0.4, -0.2) is 63.5 Å². The summed E-state index contributed by atoms with van der Waals surface area (Å²) in [5.41, 5.74) is -12.3. The summed E-state index contributed by atoms with van der Waals surface area (Å²) in [6.07, 6.45) is -29.5. The molecule has 0 radical (unpaired) electrons. The third-order valence-electron chi connectivity index (χ3n) is 3.54. The van der Waals surface area contributed by atoms with E-state index >= 15 is 0 Å². The first-order valence-electron chi connectivity index (χ1n) is 6.26. The zero-order valence-corrected chi connectivity index (χ0v) is 11.9. The van der Waals surface area contributed by atoms with Crippen LogP contribution in [0.2, 0.25) is 0 Å². The Balaban J connectivity index is 3.74. The van der Waals surface area contributed by atoms with E-state index in [1.807, 2.05) is 0 Å². The smallest absolute Gasteiger partial charge is 0.372 e. The maximum absolute atomic E-state index is 12.8. The van der Waals surface area contributed by atoms with Gasteiger partial charge in [-0.3, -0.25) is 0 Å². The number of hydrazone groups is 1. The Kier molecular flexibility index (Phi) is 5.24. The second-order valence-electron chi connectivity index (χ2n) is 5.17. The third kappa shape index (κ3) is 3.16. The molecule has 1 atom stereocenters. The molecule has 0 aromatic rings. The Labute approximate surface area is 135 Å². The van der Waals surface area contributed by atoms with Gasteiger partial charge in [0.2, 0.25) is 0 Å². The summed E-state index contributed by atoms with van der Waals surface area (Å²) in [7, 11) is 0. The first-order chi connectivity index (χ1) is 11.2. The first kappa shape index (κ1) is 22.6. The molecule has 1 aliphatic heterocycles. The van der Waals surface area contributed by atoms with Gasteiger partial charge in [-0.1, -0.05) is 0 Å². The molecule has 0 fully saturated rings.